The molecule has 0 unspecified atom stereocenters. The van der Waals surface area contributed by atoms with Gasteiger partial charge in [-0.25, -0.2) is 0 Å². The number of fused-ring (bicyclic) bond motifs is 1. The van der Waals surface area contributed by atoms with E-state index in [1.54, 1.807) is 12.1 Å². The lowest BCUT2D eigenvalue weighted by Crippen LogP contribution is -2.38. The first-order valence-electron chi connectivity index (χ1n) is 9.48. The standard InChI is InChI=1S/C22H21IN2O3/c23-16-7-9-17(10-8-16)24-20(26)13-25-21(27)18-11-6-15(12-19(18)22(25)28)14-4-2-1-3-5-14/h1-5,7-10,15,18-19H,6,11-13H2,(H,24,26)/t15-,18-,19+/m1/s1. The molecule has 28 heavy (non-hydrogen) atoms. The van der Waals surface area contributed by atoms with E-state index >= 15 is 0 Å². The highest BCUT2D eigenvalue weighted by molar-refractivity contribution is 14.1. The number of benzene rings is 2. The minimum atomic E-state index is -0.346. The maximum Gasteiger partial charge on any atom is 0.244 e. The van der Waals surface area contributed by atoms with Crippen LogP contribution in [0.4, 0.5) is 5.69 Å². The molecule has 1 saturated carbocycles. The van der Waals surface area contributed by atoms with Gasteiger partial charge in [-0.15, -0.1) is 0 Å². The first-order valence-corrected chi connectivity index (χ1v) is 10.6. The van der Waals surface area contributed by atoms with E-state index in [9.17, 15) is 14.4 Å². The fourth-order valence-electron chi connectivity index (χ4n) is 4.31. The van der Waals surface area contributed by atoms with Crippen LogP contribution in [0, 0.1) is 15.4 Å². The highest BCUT2D eigenvalue weighted by Crippen LogP contribution is 2.44. The van der Waals surface area contributed by atoms with E-state index in [0.717, 1.165) is 14.9 Å². The molecule has 1 heterocycles. The number of carbonyl (C=O) groups excluding carboxylic acids is 3. The maximum absolute atomic E-state index is 12.9. The highest BCUT2D eigenvalue weighted by Gasteiger charge is 2.50. The summed E-state index contributed by atoms with van der Waals surface area (Å²) in [6.07, 6.45) is 2.27. The lowest BCUT2D eigenvalue weighted by atomic mass is 9.73. The summed E-state index contributed by atoms with van der Waals surface area (Å²) < 4.78 is 1.07. The van der Waals surface area contributed by atoms with Crippen LogP contribution in [0.5, 0.6) is 0 Å². The highest BCUT2D eigenvalue weighted by atomic mass is 127. The summed E-state index contributed by atoms with van der Waals surface area (Å²) in [5, 5.41) is 2.76. The Labute approximate surface area is 177 Å². The van der Waals surface area contributed by atoms with Crippen molar-refractivity contribution in [3.05, 3.63) is 63.7 Å². The Morgan fingerprint density at radius 2 is 1.64 bits per heavy atom. The molecule has 0 spiro atoms. The number of rotatable bonds is 4. The Bertz CT molecular complexity index is 898. The number of hydrogen-bond donors (Lipinski definition) is 1. The van der Waals surface area contributed by atoms with E-state index in [4.69, 9.17) is 0 Å². The third-order valence-corrected chi connectivity index (χ3v) is 6.44. The molecular formula is C22H21IN2O3. The van der Waals surface area contributed by atoms with Crippen molar-refractivity contribution in [2.24, 2.45) is 11.8 Å². The van der Waals surface area contributed by atoms with Crippen molar-refractivity contribution in [3.63, 3.8) is 0 Å². The van der Waals surface area contributed by atoms with E-state index in [2.05, 4.69) is 40.0 Å². The Hall–Kier alpha value is -2.22. The minimum Gasteiger partial charge on any atom is -0.325 e. The smallest absolute Gasteiger partial charge is 0.244 e. The molecule has 2 fully saturated rings. The van der Waals surface area contributed by atoms with Crippen molar-refractivity contribution in [2.75, 3.05) is 11.9 Å². The Kier molecular flexibility index (Phi) is 5.48. The summed E-state index contributed by atoms with van der Waals surface area (Å²) in [7, 11) is 0. The summed E-state index contributed by atoms with van der Waals surface area (Å²) >= 11 is 2.19. The van der Waals surface area contributed by atoms with Gasteiger partial charge in [-0.3, -0.25) is 19.3 Å². The number of halogens is 1. The molecule has 0 aromatic heterocycles. The predicted octanol–water partition coefficient (Wildman–Crippen LogP) is 3.80. The molecule has 0 bridgehead atoms. The van der Waals surface area contributed by atoms with Gasteiger partial charge in [0, 0.05) is 9.26 Å². The molecule has 1 saturated heterocycles. The van der Waals surface area contributed by atoms with Crippen LogP contribution in [0.1, 0.15) is 30.7 Å². The van der Waals surface area contributed by atoms with Gasteiger partial charge in [-0.1, -0.05) is 30.3 Å². The summed E-state index contributed by atoms with van der Waals surface area (Å²) in [5.74, 6) is -1.04. The van der Waals surface area contributed by atoms with E-state index in [1.807, 2.05) is 30.3 Å². The SMILES string of the molecule is O=C(CN1C(=O)[C@H]2C[C@H](c3ccccc3)CC[C@H]2C1=O)Nc1ccc(I)cc1. The van der Waals surface area contributed by atoms with Crippen molar-refractivity contribution in [3.8, 4) is 0 Å². The second kappa shape index (κ2) is 8.03. The van der Waals surface area contributed by atoms with Gasteiger partial charge in [0.25, 0.3) is 0 Å². The van der Waals surface area contributed by atoms with Gasteiger partial charge in [0.05, 0.1) is 11.8 Å². The quantitative estimate of drug-likeness (QED) is 0.526. The van der Waals surface area contributed by atoms with Gasteiger partial charge in [-0.2, -0.15) is 0 Å². The van der Waals surface area contributed by atoms with Crippen molar-refractivity contribution in [1.82, 2.24) is 4.90 Å². The Morgan fingerprint density at radius 1 is 0.964 bits per heavy atom. The van der Waals surface area contributed by atoms with Crippen LogP contribution in [-0.4, -0.2) is 29.2 Å². The predicted molar refractivity (Wildman–Crippen MR) is 115 cm³/mol. The summed E-state index contributed by atoms with van der Waals surface area (Å²) in [4.78, 5) is 39.2. The van der Waals surface area contributed by atoms with Crippen LogP contribution in [0.2, 0.25) is 0 Å². The number of amides is 3. The molecule has 6 heteroatoms. The monoisotopic (exact) mass is 488 g/mol. The second-order valence-electron chi connectivity index (χ2n) is 7.45. The van der Waals surface area contributed by atoms with Gasteiger partial charge in [0.1, 0.15) is 6.54 Å². The van der Waals surface area contributed by atoms with Gasteiger partial charge in [0.2, 0.25) is 17.7 Å². The molecule has 144 valence electrons. The third kappa shape index (κ3) is 3.83. The van der Waals surface area contributed by atoms with Crippen LogP contribution in [0.15, 0.2) is 54.6 Å². The van der Waals surface area contributed by atoms with E-state index in [0.29, 0.717) is 24.4 Å². The normalized spacial score (nSPS) is 24.2. The zero-order chi connectivity index (χ0) is 19.7. The molecule has 0 radical (unpaired) electrons. The zero-order valence-corrected chi connectivity index (χ0v) is 17.5. The molecule has 2 aromatic carbocycles. The molecule has 1 aliphatic heterocycles. The molecular weight excluding hydrogens is 467 g/mol. The molecule has 1 aliphatic carbocycles. The lowest BCUT2D eigenvalue weighted by molar-refractivity contribution is -0.142. The summed E-state index contributed by atoms with van der Waals surface area (Å²) in [5.41, 5.74) is 1.88. The fraction of sp³-hybridized carbons (Fsp3) is 0.318. The topological polar surface area (TPSA) is 66.5 Å². The third-order valence-electron chi connectivity index (χ3n) is 5.72. The van der Waals surface area contributed by atoms with Crippen molar-refractivity contribution in [2.45, 2.75) is 25.2 Å². The number of carbonyl (C=O) groups is 3. The van der Waals surface area contributed by atoms with Crippen LogP contribution in [-0.2, 0) is 14.4 Å². The minimum absolute atomic E-state index is 0.195. The van der Waals surface area contributed by atoms with E-state index in [1.165, 1.54) is 5.56 Å². The Morgan fingerprint density at radius 3 is 2.36 bits per heavy atom. The van der Waals surface area contributed by atoms with Crippen molar-refractivity contribution >= 4 is 46.0 Å². The molecule has 3 atom stereocenters. The average Bonchev–Trinajstić information content (AvgIpc) is 2.95. The maximum atomic E-state index is 12.9. The zero-order valence-electron chi connectivity index (χ0n) is 15.3. The largest absolute Gasteiger partial charge is 0.325 e. The van der Waals surface area contributed by atoms with Gasteiger partial charge < -0.3 is 5.32 Å². The summed E-state index contributed by atoms with van der Waals surface area (Å²) in [6.45, 7) is -0.216. The number of nitrogens with one attached hydrogen (secondary N) is 1. The van der Waals surface area contributed by atoms with E-state index in [-0.39, 0.29) is 36.1 Å². The average molecular weight is 488 g/mol. The number of nitrogens with zero attached hydrogens (tertiary/aromatic N) is 1. The molecule has 2 aromatic rings. The van der Waals surface area contributed by atoms with Crippen molar-refractivity contribution < 1.29 is 14.4 Å². The first-order chi connectivity index (χ1) is 13.5. The molecule has 2 aliphatic rings. The fourth-order valence-corrected chi connectivity index (χ4v) is 4.67. The van der Waals surface area contributed by atoms with Gasteiger partial charge in [0.15, 0.2) is 0 Å². The van der Waals surface area contributed by atoms with Gasteiger partial charge in [-0.05, 0) is 77.6 Å². The van der Waals surface area contributed by atoms with E-state index < -0.39 is 0 Å². The number of hydrogen-bond acceptors (Lipinski definition) is 3. The van der Waals surface area contributed by atoms with Crippen LogP contribution in [0.3, 0.4) is 0 Å². The summed E-state index contributed by atoms with van der Waals surface area (Å²) in [6, 6.07) is 17.5. The lowest BCUT2D eigenvalue weighted by Gasteiger charge is -2.28. The number of anilines is 1. The van der Waals surface area contributed by atoms with Gasteiger partial charge >= 0.3 is 0 Å². The molecule has 1 N–H and O–H groups in total. The molecule has 3 amide bonds. The first kappa shape index (κ1) is 19.1. The van der Waals surface area contributed by atoms with Crippen molar-refractivity contribution in [1.29, 1.82) is 0 Å². The Balaban J connectivity index is 1.42. The molecule has 4 rings (SSSR count). The van der Waals surface area contributed by atoms with Crippen LogP contribution in [0.25, 0.3) is 0 Å². The number of imide groups is 1. The molecule has 5 nitrogen and oxygen atoms in total. The number of likely N-dealkylation sites (tertiary alicyclic amines) is 1. The van der Waals surface area contributed by atoms with Crippen LogP contribution >= 0.6 is 22.6 Å². The second-order valence-corrected chi connectivity index (χ2v) is 8.70. The van der Waals surface area contributed by atoms with Crippen LogP contribution < -0.4 is 5.32 Å².